The fraction of sp³-hybridized carbons (Fsp3) is 0.375. The summed E-state index contributed by atoms with van der Waals surface area (Å²) in [5.41, 5.74) is 4.56. The maximum absolute atomic E-state index is 13.7. The normalized spacial score (nSPS) is 12.1. The van der Waals surface area contributed by atoms with Crippen LogP contribution in [0.5, 0.6) is 0 Å². The van der Waals surface area contributed by atoms with Gasteiger partial charge in [0.2, 0.25) is 11.8 Å². The van der Waals surface area contributed by atoms with Crippen molar-refractivity contribution >= 4 is 11.8 Å². The molecule has 0 aliphatic rings. The SMILES string of the molecule is CCCNC(=O)C(Cc1ccccc1)N(Cc1ccccc1)C(=O)CCc1ccc(C(C)(C)C)cc1. The summed E-state index contributed by atoms with van der Waals surface area (Å²) in [6, 6.07) is 27.8. The number of nitrogens with zero attached hydrogens (tertiary/aromatic N) is 1. The highest BCUT2D eigenvalue weighted by molar-refractivity contribution is 5.88. The first-order valence-corrected chi connectivity index (χ1v) is 13.0. The van der Waals surface area contributed by atoms with Crippen LogP contribution in [-0.4, -0.2) is 29.3 Å². The minimum absolute atomic E-state index is 0.00803. The highest BCUT2D eigenvalue weighted by Crippen LogP contribution is 2.23. The van der Waals surface area contributed by atoms with Crippen LogP contribution in [-0.2, 0) is 34.4 Å². The topological polar surface area (TPSA) is 49.4 Å². The fourth-order valence-corrected chi connectivity index (χ4v) is 4.27. The number of hydrogen-bond acceptors (Lipinski definition) is 2. The van der Waals surface area contributed by atoms with E-state index in [0.29, 0.717) is 32.4 Å². The molecule has 36 heavy (non-hydrogen) atoms. The molecule has 4 nitrogen and oxygen atoms in total. The molecule has 3 aromatic rings. The molecule has 4 heteroatoms. The molecule has 3 aromatic carbocycles. The molecule has 3 rings (SSSR count). The van der Waals surface area contributed by atoms with Crippen molar-refractivity contribution in [3.63, 3.8) is 0 Å². The lowest BCUT2D eigenvalue weighted by Crippen LogP contribution is -2.50. The van der Waals surface area contributed by atoms with Gasteiger partial charge < -0.3 is 10.2 Å². The van der Waals surface area contributed by atoms with Crippen molar-refractivity contribution in [3.05, 3.63) is 107 Å². The van der Waals surface area contributed by atoms with Crippen LogP contribution in [0.4, 0.5) is 0 Å². The molecule has 0 aromatic heterocycles. The molecule has 190 valence electrons. The highest BCUT2D eigenvalue weighted by atomic mass is 16.2. The summed E-state index contributed by atoms with van der Waals surface area (Å²) < 4.78 is 0. The molecule has 1 atom stereocenters. The van der Waals surface area contributed by atoms with Crippen molar-refractivity contribution < 1.29 is 9.59 Å². The van der Waals surface area contributed by atoms with Crippen LogP contribution in [0.25, 0.3) is 0 Å². The molecule has 0 bridgehead atoms. The number of hydrogen-bond donors (Lipinski definition) is 1. The number of rotatable bonds is 11. The van der Waals surface area contributed by atoms with Gasteiger partial charge in [-0.2, -0.15) is 0 Å². The number of amides is 2. The van der Waals surface area contributed by atoms with Crippen molar-refractivity contribution in [2.24, 2.45) is 0 Å². The van der Waals surface area contributed by atoms with E-state index in [0.717, 1.165) is 23.1 Å². The second kappa shape index (κ2) is 13.1. The molecule has 0 heterocycles. The lowest BCUT2D eigenvalue weighted by molar-refractivity contribution is -0.141. The van der Waals surface area contributed by atoms with Gasteiger partial charge in [0, 0.05) is 25.9 Å². The van der Waals surface area contributed by atoms with Gasteiger partial charge in [0.15, 0.2) is 0 Å². The van der Waals surface area contributed by atoms with E-state index in [2.05, 4.69) is 50.4 Å². The fourth-order valence-electron chi connectivity index (χ4n) is 4.27. The van der Waals surface area contributed by atoms with Crippen molar-refractivity contribution in [3.8, 4) is 0 Å². The molecule has 0 saturated heterocycles. The van der Waals surface area contributed by atoms with Crippen molar-refractivity contribution in [1.82, 2.24) is 10.2 Å². The van der Waals surface area contributed by atoms with Crippen LogP contribution in [0.1, 0.15) is 62.8 Å². The molecule has 2 amide bonds. The second-order valence-electron chi connectivity index (χ2n) is 10.5. The molecule has 0 saturated carbocycles. The zero-order valence-electron chi connectivity index (χ0n) is 22.2. The number of aryl methyl sites for hydroxylation is 1. The van der Waals surface area contributed by atoms with Gasteiger partial charge in [0.05, 0.1) is 0 Å². The third kappa shape index (κ3) is 8.08. The average molecular weight is 485 g/mol. The van der Waals surface area contributed by atoms with Gasteiger partial charge in [-0.1, -0.05) is 113 Å². The molecular weight excluding hydrogens is 444 g/mol. The Kier molecular flexibility index (Phi) is 9.86. The maximum Gasteiger partial charge on any atom is 0.243 e. The number of nitrogens with one attached hydrogen (secondary N) is 1. The second-order valence-corrected chi connectivity index (χ2v) is 10.5. The van der Waals surface area contributed by atoms with E-state index >= 15 is 0 Å². The Morgan fingerprint density at radius 2 is 1.39 bits per heavy atom. The van der Waals surface area contributed by atoms with Gasteiger partial charge in [0.25, 0.3) is 0 Å². The third-order valence-corrected chi connectivity index (χ3v) is 6.46. The van der Waals surface area contributed by atoms with E-state index in [4.69, 9.17) is 0 Å². The number of benzene rings is 3. The molecule has 1 N–H and O–H groups in total. The molecular formula is C32H40N2O2. The van der Waals surface area contributed by atoms with Gasteiger partial charge in [-0.05, 0) is 40.5 Å². The minimum atomic E-state index is -0.574. The zero-order valence-corrected chi connectivity index (χ0v) is 22.2. The Labute approximate surface area is 216 Å². The predicted octanol–water partition coefficient (Wildman–Crippen LogP) is 6.08. The average Bonchev–Trinajstić information content (AvgIpc) is 2.88. The van der Waals surface area contributed by atoms with Crippen LogP contribution < -0.4 is 5.32 Å². The largest absolute Gasteiger partial charge is 0.354 e. The standard InChI is InChI=1S/C32H40N2O2/c1-5-22-33-31(36)29(23-26-12-8-6-9-13-26)34(24-27-14-10-7-11-15-27)30(35)21-18-25-16-19-28(20-17-25)32(2,3)4/h6-17,19-20,29H,5,18,21-24H2,1-4H3,(H,33,36). The Morgan fingerprint density at radius 3 is 1.94 bits per heavy atom. The van der Waals surface area contributed by atoms with E-state index < -0.39 is 6.04 Å². The highest BCUT2D eigenvalue weighted by Gasteiger charge is 2.30. The van der Waals surface area contributed by atoms with E-state index in [1.165, 1.54) is 5.56 Å². The summed E-state index contributed by atoms with van der Waals surface area (Å²) in [4.78, 5) is 28.8. The van der Waals surface area contributed by atoms with E-state index in [1.807, 2.05) is 67.6 Å². The van der Waals surface area contributed by atoms with Crippen LogP contribution in [0.15, 0.2) is 84.9 Å². The van der Waals surface area contributed by atoms with E-state index in [1.54, 1.807) is 4.90 Å². The Morgan fingerprint density at radius 1 is 0.806 bits per heavy atom. The van der Waals surface area contributed by atoms with Crippen molar-refractivity contribution in [1.29, 1.82) is 0 Å². The lowest BCUT2D eigenvalue weighted by Gasteiger charge is -2.31. The smallest absolute Gasteiger partial charge is 0.243 e. The van der Waals surface area contributed by atoms with Gasteiger partial charge in [-0.25, -0.2) is 0 Å². The predicted molar refractivity (Wildman–Crippen MR) is 148 cm³/mol. The van der Waals surface area contributed by atoms with Crippen LogP contribution >= 0.6 is 0 Å². The minimum Gasteiger partial charge on any atom is -0.354 e. The lowest BCUT2D eigenvalue weighted by atomic mass is 9.86. The van der Waals surface area contributed by atoms with Crippen LogP contribution in [0.3, 0.4) is 0 Å². The summed E-state index contributed by atoms with van der Waals surface area (Å²) in [5.74, 6) is -0.106. The molecule has 0 aliphatic carbocycles. The maximum atomic E-state index is 13.7. The monoisotopic (exact) mass is 484 g/mol. The van der Waals surface area contributed by atoms with E-state index in [9.17, 15) is 9.59 Å². The Bertz CT molecular complexity index is 1090. The van der Waals surface area contributed by atoms with Gasteiger partial charge in [0.1, 0.15) is 6.04 Å². The Balaban J connectivity index is 1.84. The number of carbonyl (C=O) groups excluding carboxylic acids is 2. The first-order valence-electron chi connectivity index (χ1n) is 13.0. The number of carbonyl (C=O) groups is 2. The van der Waals surface area contributed by atoms with Crippen LogP contribution in [0, 0.1) is 0 Å². The molecule has 0 spiro atoms. The Hall–Kier alpha value is -3.40. The molecule has 0 fully saturated rings. The first-order chi connectivity index (χ1) is 17.3. The molecule has 0 aliphatic heterocycles. The van der Waals surface area contributed by atoms with Crippen molar-refractivity contribution in [2.75, 3.05) is 6.54 Å². The molecule has 0 radical (unpaired) electrons. The quantitative estimate of drug-likeness (QED) is 0.358. The zero-order chi connectivity index (χ0) is 26.0. The van der Waals surface area contributed by atoms with Crippen molar-refractivity contribution in [2.45, 2.75) is 71.4 Å². The summed E-state index contributed by atoms with van der Waals surface area (Å²) in [7, 11) is 0. The van der Waals surface area contributed by atoms with Gasteiger partial charge >= 0.3 is 0 Å². The summed E-state index contributed by atoms with van der Waals surface area (Å²) in [6.45, 7) is 9.62. The van der Waals surface area contributed by atoms with Crippen LogP contribution in [0.2, 0.25) is 0 Å². The molecule has 1 unspecified atom stereocenters. The third-order valence-electron chi connectivity index (χ3n) is 6.46. The van der Waals surface area contributed by atoms with E-state index in [-0.39, 0.29) is 17.2 Å². The summed E-state index contributed by atoms with van der Waals surface area (Å²) in [6.07, 6.45) is 2.33. The first kappa shape index (κ1) is 27.2. The summed E-state index contributed by atoms with van der Waals surface area (Å²) in [5, 5.41) is 3.04. The van der Waals surface area contributed by atoms with Gasteiger partial charge in [-0.3, -0.25) is 9.59 Å². The van der Waals surface area contributed by atoms with Gasteiger partial charge in [-0.15, -0.1) is 0 Å². The summed E-state index contributed by atoms with van der Waals surface area (Å²) >= 11 is 0.